The van der Waals surface area contributed by atoms with Crippen LogP contribution < -0.4 is 0 Å². The summed E-state index contributed by atoms with van der Waals surface area (Å²) < 4.78 is 0. The van der Waals surface area contributed by atoms with Crippen molar-refractivity contribution in [1.82, 2.24) is 4.90 Å². The number of fused-ring (bicyclic) bond motifs is 1. The Morgan fingerprint density at radius 2 is 2.25 bits per heavy atom. The summed E-state index contributed by atoms with van der Waals surface area (Å²) in [6, 6.07) is -0.303. The third kappa shape index (κ3) is 0.906. The average molecular weight is 169 g/mol. The lowest BCUT2D eigenvalue weighted by Crippen LogP contribution is -2.39. The zero-order valence-corrected chi connectivity index (χ0v) is 6.69. The molecule has 0 radical (unpaired) electrons. The highest BCUT2D eigenvalue weighted by Gasteiger charge is 2.45. The number of ketones is 1. The second kappa shape index (κ2) is 2.47. The Bertz CT molecular complexity index is 238. The topological polar surface area (TPSA) is 57.6 Å². The van der Waals surface area contributed by atoms with E-state index in [9.17, 15) is 9.59 Å². The first-order valence-electron chi connectivity index (χ1n) is 4.22. The summed E-state index contributed by atoms with van der Waals surface area (Å²) in [6.45, 7) is 0.538. The molecule has 0 aromatic rings. The lowest BCUT2D eigenvalue weighted by Gasteiger charge is -2.18. The second-order valence-electron chi connectivity index (χ2n) is 3.47. The lowest BCUT2D eigenvalue weighted by molar-refractivity contribution is -0.121. The van der Waals surface area contributed by atoms with E-state index in [4.69, 9.17) is 5.11 Å². The van der Waals surface area contributed by atoms with Crippen LogP contribution in [0.2, 0.25) is 0 Å². The molecule has 0 spiro atoms. The minimum absolute atomic E-state index is 0.111. The van der Waals surface area contributed by atoms with Crippen molar-refractivity contribution in [2.24, 2.45) is 5.92 Å². The van der Waals surface area contributed by atoms with Gasteiger partial charge in [0.1, 0.15) is 0 Å². The van der Waals surface area contributed by atoms with Crippen LogP contribution in [0, 0.1) is 5.92 Å². The van der Waals surface area contributed by atoms with E-state index in [0.717, 1.165) is 12.8 Å². The Morgan fingerprint density at radius 3 is 2.92 bits per heavy atom. The first kappa shape index (κ1) is 7.58. The monoisotopic (exact) mass is 169 g/mol. The van der Waals surface area contributed by atoms with Crippen LogP contribution in [0.25, 0.3) is 0 Å². The Morgan fingerprint density at radius 1 is 1.50 bits per heavy atom. The second-order valence-corrected chi connectivity index (χ2v) is 3.47. The molecule has 1 saturated carbocycles. The molecule has 1 aliphatic heterocycles. The van der Waals surface area contributed by atoms with E-state index in [1.54, 1.807) is 0 Å². The first-order chi connectivity index (χ1) is 5.70. The Balaban J connectivity index is 2.19. The fraction of sp³-hybridized carbons (Fsp3) is 0.750. The predicted molar refractivity (Wildman–Crippen MR) is 40.9 cm³/mol. The van der Waals surface area contributed by atoms with Crippen molar-refractivity contribution < 1.29 is 14.7 Å². The van der Waals surface area contributed by atoms with Gasteiger partial charge in [-0.15, -0.1) is 0 Å². The van der Waals surface area contributed by atoms with E-state index in [1.165, 1.54) is 4.90 Å². The van der Waals surface area contributed by atoms with E-state index >= 15 is 0 Å². The molecule has 1 saturated heterocycles. The summed E-state index contributed by atoms with van der Waals surface area (Å²) >= 11 is 0. The molecule has 12 heavy (non-hydrogen) atoms. The molecular formula is C8H11NO3. The van der Waals surface area contributed by atoms with E-state index in [1.807, 2.05) is 0 Å². The number of carboxylic acid groups (broad SMARTS) is 1. The van der Waals surface area contributed by atoms with E-state index in [2.05, 4.69) is 0 Å². The molecule has 0 aromatic heterocycles. The van der Waals surface area contributed by atoms with Gasteiger partial charge in [-0.1, -0.05) is 0 Å². The van der Waals surface area contributed by atoms with Crippen LogP contribution >= 0.6 is 0 Å². The molecule has 1 amide bonds. The number of amides is 1. The summed E-state index contributed by atoms with van der Waals surface area (Å²) in [5, 5.41) is 8.75. The molecule has 1 N–H and O–H groups in total. The number of hydrogen-bond acceptors (Lipinski definition) is 2. The number of carbonyl (C=O) groups excluding carboxylic acids is 1. The Labute approximate surface area is 70.2 Å². The van der Waals surface area contributed by atoms with Gasteiger partial charge < -0.3 is 5.11 Å². The predicted octanol–water partition coefficient (Wildman–Crippen LogP) is 0.718. The molecule has 0 aromatic carbocycles. The van der Waals surface area contributed by atoms with Crippen LogP contribution in [0.5, 0.6) is 0 Å². The van der Waals surface area contributed by atoms with Gasteiger partial charge in [0.2, 0.25) is 0 Å². The highest BCUT2D eigenvalue weighted by molar-refractivity contribution is 5.89. The van der Waals surface area contributed by atoms with Gasteiger partial charge in [-0.2, -0.15) is 0 Å². The quantitative estimate of drug-likeness (QED) is 0.581. The molecule has 1 heterocycles. The SMILES string of the molecule is O=C1CCC2CCN(C(=O)O)C12. The van der Waals surface area contributed by atoms with Crippen molar-refractivity contribution in [3.63, 3.8) is 0 Å². The van der Waals surface area contributed by atoms with Gasteiger partial charge in [0, 0.05) is 13.0 Å². The van der Waals surface area contributed by atoms with E-state index in [-0.39, 0.29) is 11.8 Å². The molecule has 2 aliphatic rings. The third-order valence-electron chi connectivity index (χ3n) is 2.86. The summed E-state index contributed by atoms with van der Waals surface area (Å²) in [7, 11) is 0. The maximum atomic E-state index is 11.3. The number of hydrogen-bond donors (Lipinski definition) is 1. The van der Waals surface area contributed by atoms with Crippen LogP contribution in [0.4, 0.5) is 4.79 Å². The number of rotatable bonds is 0. The minimum atomic E-state index is -0.947. The van der Waals surface area contributed by atoms with Gasteiger partial charge in [-0.25, -0.2) is 4.79 Å². The summed E-state index contributed by atoms with van der Waals surface area (Å²) in [5.41, 5.74) is 0. The number of carbonyl (C=O) groups is 2. The number of nitrogens with zero attached hydrogens (tertiary/aromatic N) is 1. The van der Waals surface area contributed by atoms with Crippen LogP contribution in [-0.4, -0.2) is 34.5 Å². The molecular weight excluding hydrogens is 158 g/mol. The summed E-state index contributed by atoms with van der Waals surface area (Å²) in [6.07, 6.45) is 1.37. The molecule has 2 unspecified atom stereocenters. The summed E-state index contributed by atoms with van der Waals surface area (Å²) in [5.74, 6) is 0.425. The van der Waals surface area contributed by atoms with Gasteiger partial charge in [-0.3, -0.25) is 9.69 Å². The van der Waals surface area contributed by atoms with Crippen LogP contribution in [0.3, 0.4) is 0 Å². The fourth-order valence-electron chi connectivity index (χ4n) is 2.29. The van der Waals surface area contributed by atoms with Crippen LogP contribution in [-0.2, 0) is 4.79 Å². The Kier molecular flexibility index (Phi) is 1.56. The van der Waals surface area contributed by atoms with Crippen molar-refractivity contribution >= 4 is 11.9 Å². The van der Waals surface area contributed by atoms with E-state index in [0.29, 0.717) is 18.9 Å². The minimum Gasteiger partial charge on any atom is -0.465 e. The molecule has 2 rings (SSSR count). The van der Waals surface area contributed by atoms with Gasteiger partial charge >= 0.3 is 6.09 Å². The van der Waals surface area contributed by atoms with Gasteiger partial charge in [0.15, 0.2) is 5.78 Å². The molecule has 2 fully saturated rings. The molecule has 1 aliphatic carbocycles. The van der Waals surface area contributed by atoms with Crippen LogP contribution in [0.15, 0.2) is 0 Å². The molecule has 66 valence electrons. The number of likely N-dealkylation sites (tertiary alicyclic amines) is 1. The van der Waals surface area contributed by atoms with Crippen molar-refractivity contribution in [3.05, 3.63) is 0 Å². The zero-order chi connectivity index (χ0) is 8.72. The highest BCUT2D eigenvalue weighted by atomic mass is 16.4. The van der Waals surface area contributed by atoms with E-state index < -0.39 is 6.09 Å². The Hall–Kier alpha value is -1.06. The van der Waals surface area contributed by atoms with Gasteiger partial charge in [0.25, 0.3) is 0 Å². The van der Waals surface area contributed by atoms with Crippen molar-refractivity contribution in [2.75, 3.05) is 6.54 Å². The van der Waals surface area contributed by atoms with Gasteiger partial charge in [0.05, 0.1) is 6.04 Å². The smallest absolute Gasteiger partial charge is 0.407 e. The van der Waals surface area contributed by atoms with Crippen molar-refractivity contribution in [3.8, 4) is 0 Å². The molecule has 4 heteroatoms. The maximum absolute atomic E-state index is 11.3. The van der Waals surface area contributed by atoms with Crippen molar-refractivity contribution in [2.45, 2.75) is 25.3 Å². The number of Topliss-reactive ketones (excluding diaryl/α,β-unsaturated/α-hetero) is 1. The molecule has 0 bridgehead atoms. The standard InChI is InChI=1S/C8H11NO3/c10-6-2-1-5-3-4-9(7(5)6)8(11)12/h5,7H,1-4H2,(H,11,12). The largest absolute Gasteiger partial charge is 0.465 e. The molecule has 4 nitrogen and oxygen atoms in total. The zero-order valence-electron chi connectivity index (χ0n) is 6.69. The third-order valence-corrected chi connectivity index (χ3v) is 2.86. The fourth-order valence-corrected chi connectivity index (χ4v) is 2.29. The lowest BCUT2D eigenvalue weighted by atomic mass is 10.0. The summed E-state index contributed by atoms with van der Waals surface area (Å²) in [4.78, 5) is 23.2. The molecule has 2 atom stereocenters. The van der Waals surface area contributed by atoms with Crippen molar-refractivity contribution in [1.29, 1.82) is 0 Å². The van der Waals surface area contributed by atoms with Crippen LogP contribution in [0.1, 0.15) is 19.3 Å². The van der Waals surface area contributed by atoms with Gasteiger partial charge in [-0.05, 0) is 18.8 Å². The first-order valence-corrected chi connectivity index (χ1v) is 4.22. The maximum Gasteiger partial charge on any atom is 0.407 e. The average Bonchev–Trinajstić information content (AvgIpc) is 2.53. The normalized spacial score (nSPS) is 34.0. The highest BCUT2D eigenvalue weighted by Crippen LogP contribution is 2.35.